The maximum Gasteiger partial charge on any atom is 0.312 e. The Morgan fingerprint density at radius 2 is 2.38 bits per heavy atom. The molecular formula is C8H9N4S+. The van der Waals surface area contributed by atoms with Crippen molar-refractivity contribution >= 4 is 22.2 Å². The van der Waals surface area contributed by atoms with Crippen molar-refractivity contribution in [3.63, 3.8) is 0 Å². The van der Waals surface area contributed by atoms with Crippen LogP contribution < -0.4 is 15.8 Å². The highest BCUT2D eigenvalue weighted by atomic mass is 32.1. The van der Waals surface area contributed by atoms with Crippen molar-refractivity contribution < 1.29 is 4.68 Å². The van der Waals surface area contributed by atoms with Crippen molar-refractivity contribution in [3.8, 4) is 0 Å². The minimum atomic E-state index is 0.518. The first-order chi connectivity index (χ1) is 6.34. The lowest BCUT2D eigenvalue weighted by Crippen LogP contribution is -2.41. The second-order valence-corrected chi connectivity index (χ2v) is 3.43. The summed E-state index contributed by atoms with van der Waals surface area (Å²) in [4.78, 5) is 3.94. The Balaban J connectivity index is 2.15. The van der Waals surface area contributed by atoms with Gasteiger partial charge in [0.2, 0.25) is 5.82 Å². The number of aromatic nitrogens is 2. The van der Waals surface area contributed by atoms with E-state index in [1.54, 1.807) is 28.4 Å². The summed E-state index contributed by atoms with van der Waals surface area (Å²) in [6.45, 7) is 0. The number of nitrogens with one attached hydrogen (secondary N) is 1. The van der Waals surface area contributed by atoms with E-state index >= 15 is 0 Å². The summed E-state index contributed by atoms with van der Waals surface area (Å²) in [5.41, 5.74) is 8.58. The van der Waals surface area contributed by atoms with E-state index in [1.807, 2.05) is 23.7 Å². The van der Waals surface area contributed by atoms with Gasteiger partial charge in [-0.05, 0) is 22.5 Å². The zero-order valence-corrected chi connectivity index (χ0v) is 7.66. The van der Waals surface area contributed by atoms with Crippen LogP contribution >= 0.6 is 11.3 Å². The normalized spacial score (nSPS) is 9.85. The molecule has 13 heavy (non-hydrogen) atoms. The molecule has 3 N–H and O–H groups in total. The van der Waals surface area contributed by atoms with Crippen molar-refractivity contribution in [3.05, 3.63) is 36.1 Å². The topological polar surface area (TPSA) is 54.8 Å². The molecule has 0 amide bonds. The molecule has 66 valence electrons. The van der Waals surface area contributed by atoms with E-state index in [4.69, 9.17) is 5.73 Å². The summed E-state index contributed by atoms with van der Waals surface area (Å²) in [5.74, 6) is 0.518. The van der Waals surface area contributed by atoms with Crippen molar-refractivity contribution in [1.82, 2.24) is 4.98 Å². The number of hydrogen-bond acceptors (Lipinski definition) is 4. The lowest BCUT2D eigenvalue weighted by atomic mass is 10.6. The Labute approximate surface area is 79.6 Å². The fourth-order valence-corrected chi connectivity index (χ4v) is 1.52. The predicted molar refractivity (Wildman–Crippen MR) is 52.2 cm³/mol. The van der Waals surface area contributed by atoms with E-state index in [-0.39, 0.29) is 0 Å². The molecule has 0 fully saturated rings. The molecule has 2 rings (SSSR count). The van der Waals surface area contributed by atoms with Crippen molar-refractivity contribution in [2.75, 3.05) is 11.2 Å². The Morgan fingerprint density at radius 3 is 3.00 bits per heavy atom. The fourth-order valence-electron chi connectivity index (χ4n) is 0.903. The minimum Gasteiger partial charge on any atom is -0.363 e. The first-order valence-corrected chi connectivity index (χ1v) is 4.66. The maximum atomic E-state index is 5.45. The molecule has 0 saturated carbocycles. The van der Waals surface area contributed by atoms with E-state index in [0.29, 0.717) is 5.82 Å². The number of rotatable bonds is 2. The standard InChI is InChI=1S/C8H8N4S/c9-7-3-4-12(6-10-7)11-8-2-1-5-13-8/h1-6,9,11H/p+1. The minimum absolute atomic E-state index is 0.518. The summed E-state index contributed by atoms with van der Waals surface area (Å²) < 4.78 is 1.75. The van der Waals surface area contributed by atoms with Gasteiger partial charge in [0, 0.05) is 6.07 Å². The van der Waals surface area contributed by atoms with Crippen LogP contribution in [-0.4, -0.2) is 4.98 Å². The monoisotopic (exact) mass is 193 g/mol. The van der Waals surface area contributed by atoms with Crippen LogP contribution in [-0.2, 0) is 0 Å². The van der Waals surface area contributed by atoms with E-state index in [1.165, 1.54) is 0 Å². The molecule has 0 atom stereocenters. The number of anilines is 2. The van der Waals surface area contributed by atoms with Crippen LogP contribution in [0, 0.1) is 0 Å². The molecule has 2 heterocycles. The first-order valence-electron chi connectivity index (χ1n) is 3.78. The molecule has 0 spiro atoms. The predicted octanol–water partition coefficient (Wildman–Crippen LogP) is 0.888. The molecule has 0 aliphatic rings. The van der Waals surface area contributed by atoms with Crippen molar-refractivity contribution in [2.24, 2.45) is 0 Å². The van der Waals surface area contributed by atoms with Gasteiger partial charge in [-0.1, -0.05) is 0 Å². The molecule has 5 heteroatoms. The van der Waals surface area contributed by atoms with Gasteiger partial charge in [-0.15, -0.1) is 16.0 Å². The van der Waals surface area contributed by atoms with Gasteiger partial charge in [-0.2, -0.15) is 0 Å². The molecule has 0 radical (unpaired) electrons. The van der Waals surface area contributed by atoms with Gasteiger partial charge in [0.05, 0.1) is 0 Å². The third-order valence-corrected chi connectivity index (χ3v) is 2.27. The molecule has 4 nitrogen and oxygen atoms in total. The largest absolute Gasteiger partial charge is 0.363 e. The third-order valence-electron chi connectivity index (χ3n) is 1.50. The van der Waals surface area contributed by atoms with Gasteiger partial charge < -0.3 is 5.73 Å². The van der Waals surface area contributed by atoms with Crippen LogP contribution in [0.2, 0.25) is 0 Å². The van der Waals surface area contributed by atoms with Crippen molar-refractivity contribution in [1.29, 1.82) is 0 Å². The summed E-state index contributed by atoms with van der Waals surface area (Å²) in [5, 5.41) is 3.07. The number of hydrogen-bond donors (Lipinski definition) is 2. The average molecular weight is 193 g/mol. The summed E-state index contributed by atoms with van der Waals surface area (Å²) in [6, 6.07) is 5.72. The van der Waals surface area contributed by atoms with Crippen LogP contribution in [0.25, 0.3) is 0 Å². The Hall–Kier alpha value is -1.62. The zero-order chi connectivity index (χ0) is 9.10. The summed E-state index contributed by atoms with van der Waals surface area (Å²) in [7, 11) is 0. The summed E-state index contributed by atoms with van der Waals surface area (Å²) >= 11 is 1.63. The molecule has 0 unspecified atom stereocenters. The molecule has 0 aliphatic carbocycles. The second kappa shape index (κ2) is 3.40. The molecule has 0 bridgehead atoms. The van der Waals surface area contributed by atoms with Gasteiger partial charge in [0.25, 0.3) is 0 Å². The second-order valence-electron chi connectivity index (χ2n) is 2.48. The maximum absolute atomic E-state index is 5.45. The third kappa shape index (κ3) is 1.94. The molecule has 0 aromatic carbocycles. The van der Waals surface area contributed by atoms with Crippen LogP contribution in [0.4, 0.5) is 10.8 Å². The lowest BCUT2D eigenvalue weighted by Gasteiger charge is -1.97. The highest BCUT2D eigenvalue weighted by Crippen LogP contribution is 2.12. The summed E-state index contributed by atoms with van der Waals surface area (Å²) in [6.07, 6.45) is 3.46. The fraction of sp³-hybridized carbons (Fsp3) is 0. The first kappa shape index (κ1) is 8.00. The van der Waals surface area contributed by atoms with E-state index in [9.17, 15) is 0 Å². The highest BCUT2D eigenvalue weighted by molar-refractivity contribution is 7.14. The van der Waals surface area contributed by atoms with E-state index in [0.717, 1.165) is 5.00 Å². The van der Waals surface area contributed by atoms with Crippen LogP contribution in [0.1, 0.15) is 0 Å². The van der Waals surface area contributed by atoms with Crippen LogP contribution in [0.15, 0.2) is 36.1 Å². The van der Waals surface area contributed by atoms with Gasteiger partial charge in [0.1, 0.15) is 11.2 Å². The van der Waals surface area contributed by atoms with Crippen LogP contribution in [0.3, 0.4) is 0 Å². The van der Waals surface area contributed by atoms with Crippen LogP contribution in [0.5, 0.6) is 0 Å². The SMILES string of the molecule is Nc1cc[n+](Nc2cccs2)cn1. The van der Waals surface area contributed by atoms with Gasteiger partial charge in [0.15, 0.2) is 0 Å². The van der Waals surface area contributed by atoms with E-state index in [2.05, 4.69) is 10.4 Å². The Kier molecular flexibility index (Phi) is 2.09. The smallest absolute Gasteiger partial charge is 0.312 e. The van der Waals surface area contributed by atoms with Gasteiger partial charge in [-0.3, -0.25) is 0 Å². The molecular weight excluding hydrogens is 184 g/mol. The lowest BCUT2D eigenvalue weighted by molar-refractivity contribution is -0.645. The quantitative estimate of drug-likeness (QED) is 0.696. The zero-order valence-electron chi connectivity index (χ0n) is 6.84. The molecule has 0 aliphatic heterocycles. The Morgan fingerprint density at radius 1 is 1.46 bits per heavy atom. The Bertz CT molecular complexity index is 368. The number of nitrogen functional groups attached to an aromatic ring is 1. The number of nitrogens with two attached hydrogens (primary N) is 1. The molecule has 2 aromatic rings. The number of nitrogens with zero attached hydrogens (tertiary/aromatic N) is 2. The average Bonchev–Trinajstić information content (AvgIpc) is 2.62. The molecule has 2 aromatic heterocycles. The van der Waals surface area contributed by atoms with Crippen molar-refractivity contribution in [2.45, 2.75) is 0 Å². The molecule has 0 saturated heterocycles. The van der Waals surface area contributed by atoms with Gasteiger partial charge in [-0.25, -0.2) is 5.43 Å². The van der Waals surface area contributed by atoms with E-state index < -0.39 is 0 Å². The van der Waals surface area contributed by atoms with Gasteiger partial charge >= 0.3 is 6.33 Å². The number of thiophene rings is 1. The highest BCUT2D eigenvalue weighted by Gasteiger charge is 1.99.